The summed E-state index contributed by atoms with van der Waals surface area (Å²) in [5.41, 5.74) is 8.02. The van der Waals surface area contributed by atoms with Crippen LogP contribution in [0.1, 0.15) is 34.8 Å². The van der Waals surface area contributed by atoms with Gasteiger partial charge in [-0.3, -0.25) is 4.79 Å². The first-order valence-electron chi connectivity index (χ1n) is 7.30. The number of halogens is 1. The van der Waals surface area contributed by atoms with Crippen molar-refractivity contribution in [2.24, 2.45) is 0 Å². The fourth-order valence-electron chi connectivity index (χ4n) is 2.83. The molecule has 0 radical (unpaired) electrons. The molecule has 2 aromatic rings. The van der Waals surface area contributed by atoms with Crippen LogP contribution in [-0.2, 0) is 0 Å². The van der Waals surface area contributed by atoms with Crippen LogP contribution in [0, 0.1) is 0 Å². The first-order chi connectivity index (χ1) is 10.2. The normalized spacial score (nSPS) is 15.2. The largest absolute Gasteiger partial charge is 0.397 e. The van der Waals surface area contributed by atoms with Gasteiger partial charge in [0.25, 0.3) is 5.91 Å². The number of carbonyl (C=O) groups excluding carboxylic acids is 1. The number of carbonyl (C=O) groups is 1. The third-order valence-electron chi connectivity index (χ3n) is 4.06. The third kappa shape index (κ3) is 3.57. The molecule has 1 fully saturated rings. The van der Waals surface area contributed by atoms with Crippen molar-refractivity contribution in [3.05, 3.63) is 59.9 Å². The molecule has 0 unspecified atom stereocenters. The summed E-state index contributed by atoms with van der Waals surface area (Å²) in [6.07, 6.45) is 3.54. The van der Waals surface area contributed by atoms with Crippen LogP contribution in [-0.4, -0.2) is 28.9 Å². The molecule has 116 valence electrons. The monoisotopic (exact) mass is 317 g/mol. The van der Waals surface area contributed by atoms with Gasteiger partial charge in [0.2, 0.25) is 0 Å². The van der Waals surface area contributed by atoms with Gasteiger partial charge >= 0.3 is 0 Å². The summed E-state index contributed by atoms with van der Waals surface area (Å²) in [6.45, 7) is 1.56. The molecule has 1 aliphatic heterocycles. The molecule has 22 heavy (non-hydrogen) atoms. The van der Waals surface area contributed by atoms with E-state index < -0.39 is 0 Å². The Bertz CT molecular complexity index is 608. The van der Waals surface area contributed by atoms with Crippen LogP contribution in [0.4, 0.5) is 5.69 Å². The molecule has 1 aromatic carbocycles. The highest BCUT2D eigenvalue weighted by atomic mass is 35.5. The molecule has 5 heteroatoms. The highest BCUT2D eigenvalue weighted by molar-refractivity contribution is 5.92. The lowest BCUT2D eigenvalue weighted by atomic mass is 9.89. The fraction of sp³-hybridized carbons (Fsp3) is 0.294. The van der Waals surface area contributed by atoms with E-state index in [1.54, 1.807) is 12.1 Å². The second-order valence-electron chi connectivity index (χ2n) is 5.45. The van der Waals surface area contributed by atoms with E-state index in [4.69, 9.17) is 5.73 Å². The highest BCUT2D eigenvalue weighted by Gasteiger charge is 2.24. The minimum atomic E-state index is 0. The van der Waals surface area contributed by atoms with Gasteiger partial charge < -0.3 is 10.6 Å². The molecule has 2 heterocycles. The van der Waals surface area contributed by atoms with Crippen molar-refractivity contribution < 1.29 is 4.79 Å². The lowest BCUT2D eigenvalue weighted by Gasteiger charge is -2.32. The van der Waals surface area contributed by atoms with Crippen molar-refractivity contribution in [3.8, 4) is 0 Å². The van der Waals surface area contributed by atoms with E-state index in [1.165, 1.54) is 11.8 Å². The van der Waals surface area contributed by atoms with Crippen LogP contribution >= 0.6 is 12.4 Å². The molecule has 3 rings (SSSR count). The first-order valence-corrected chi connectivity index (χ1v) is 7.30. The number of hydrogen-bond donors (Lipinski definition) is 1. The van der Waals surface area contributed by atoms with Gasteiger partial charge in [-0.2, -0.15) is 0 Å². The van der Waals surface area contributed by atoms with Gasteiger partial charge in [-0.25, -0.2) is 4.98 Å². The maximum absolute atomic E-state index is 12.4. The zero-order valence-corrected chi connectivity index (χ0v) is 13.1. The Balaban J connectivity index is 0.00000176. The maximum Gasteiger partial charge on any atom is 0.272 e. The minimum Gasteiger partial charge on any atom is -0.397 e. The predicted molar refractivity (Wildman–Crippen MR) is 90.2 cm³/mol. The molecule has 0 spiro atoms. The van der Waals surface area contributed by atoms with Crippen molar-refractivity contribution in [2.45, 2.75) is 18.8 Å². The van der Waals surface area contributed by atoms with Gasteiger partial charge in [0.05, 0.1) is 11.9 Å². The van der Waals surface area contributed by atoms with E-state index in [1.807, 2.05) is 11.0 Å². The number of aromatic nitrogens is 1. The van der Waals surface area contributed by atoms with Crippen molar-refractivity contribution >= 4 is 24.0 Å². The Kier molecular flexibility index (Phi) is 5.39. The molecule has 1 saturated heterocycles. The van der Waals surface area contributed by atoms with E-state index >= 15 is 0 Å². The lowest BCUT2D eigenvalue weighted by Crippen LogP contribution is -2.38. The van der Waals surface area contributed by atoms with E-state index in [0.29, 0.717) is 17.3 Å². The number of likely N-dealkylation sites (tertiary alicyclic amines) is 1. The Hall–Kier alpha value is -2.07. The fourth-order valence-corrected chi connectivity index (χ4v) is 2.83. The van der Waals surface area contributed by atoms with Crippen molar-refractivity contribution in [3.63, 3.8) is 0 Å². The number of nitrogens with zero attached hydrogens (tertiary/aromatic N) is 2. The second kappa shape index (κ2) is 7.27. The molecule has 0 saturated carbocycles. The average Bonchev–Trinajstić information content (AvgIpc) is 2.56. The second-order valence-corrected chi connectivity index (χ2v) is 5.45. The average molecular weight is 318 g/mol. The van der Waals surface area contributed by atoms with E-state index in [0.717, 1.165) is 25.9 Å². The molecular formula is C17H20ClN3O. The standard InChI is InChI=1S/C17H19N3O.ClH/c18-15-6-7-16(19-12-15)17(21)20-10-8-14(9-11-20)13-4-2-1-3-5-13;/h1-7,12,14H,8-11,18H2;1H. The maximum atomic E-state index is 12.4. The number of amides is 1. The lowest BCUT2D eigenvalue weighted by molar-refractivity contribution is 0.0707. The van der Waals surface area contributed by atoms with Gasteiger partial charge in [0.15, 0.2) is 0 Å². The van der Waals surface area contributed by atoms with Crippen LogP contribution in [0.25, 0.3) is 0 Å². The molecule has 0 aliphatic carbocycles. The molecule has 0 atom stereocenters. The first kappa shape index (κ1) is 16.3. The van der Waals surface area contributed by atoms with Crippen LogP contribution in [0.5, 0.6) is 0 Å². The van der Waals surface area contributed by atoms with Crippen LogP contribution < -0.4 is 5.73 Å². The molecule has 2 N–H and O–H groups in total. The van der Waals surface area contributed by atoms with Crippen LogP contribution in [0.2, 0.25) is 0 Å². The molecular weight excluding hydrogens is 298 g/mol. The third-order valence-corrected chi connectivity index (χ3v) is 4.06. The summed E-state index contributed by atoms with van der Waals surface area (Å²) in [5.74, 6) is 0.552. The smallest absolute Gasteiger partial charge is 0.272 e. The van der Waals surface area contributed by atoms with Gasteiger partial charge in [0.1, 0.15) is 5.69 Å². The Labute approximate surface area is 136 Å². The molecule has 4 nitrogen and oxygen atoms in total. The van der Waals surface area contributed by atoms with Gasteiger partial charge in [-0.1, -0.05) is 30.3 Å². The number of nitrogens with two attached hydrogens (primary N) is 1. The number of nitrogen functional groups attached to an aromatic ring is 1. The summed E-state index contributed by atoms with van der Waals surface area (Å²) < 4.78 is 0. The van der Waals surface area contributed by atoms with E-state index in [-0.39, 0.29) is 18.3 Å². The van der Waals surface area contributed by atoms with Gasteiger partial charge in [0, 0.05) is 13.1 Å². The number of piperidine rings is 1. The molecule has 1 aliphatic rings. The van der Waals surface area contributed by atoms with E-state index in [2.05, 4.69) is 29.2 Å². The molecule has 1 amide bonds. The van der Waals surface area contributed by atoms with Crippen LogP contribution in [0.3, 0.4) is 0 Å². The summed E-state index contributed by atoms with van der Waals surface area (Å²) >= 11 is 0. The number of rotatable bonds is 2. The zero-order valence-electron chi connectivity index (χ0n) is 12.3. The van der Waals surface area contributed by atoms with Crippen LogP contribution in [0.15, 0.2) is 48.7 Å². The predicted octanol–water partition coefficient (Wildman–Crippen LogP) is 3.11. The Morgan fingerprint density at radius 1 is 1.09 bits per heavy atom. The summed E-state index contributed by atoms with van der Waals surface area (Å²) in [5, 5.41) is 0. The van der Waals surface area contributed by atoms with Gasteiger partial charge in [-0.15, -0.1) is 12.4 Å². The summed E-state index contributed by atoms with van der Waals surface area (Å²) in [4.78, 5) is 18.4. The topological polar surface area (TPSA) is 59.2 Å². The summed E-state index contributed by atoms with van der Waals surface area (Å²) in [6, 6.07) is 13.9. The molecule has 1 aromatic heterocycles. The zero-order chi connectivity index (χ0) is 14.7. The Morgan fingerprint density at radius 3 is 2.36 bits per heavy atom. The van der Waals surface area contributed by atoms with Gasteiger partial charge in [-0.05, 0) is 36.5 Å². The summed E-state index contributed by atoms with van der Waals surface area (Å²) in [7, 11) is 0. The Morgan fingerprint density at radius 2 is 1.77 bits per heavy atom. The van der Waals surface area contributed by atoms with Crippen molar-refractivity contribution in [2.75, 3.05) is 18.8 Å². The number of benzene rings is 1. The molecule has 0 bridgehead atoms. The van der Waals surface area contributed by atoms with Crippen molar-refractivity contribution in [1.29, 1.82) is 0 Å². The number of pyridine rings is 1. The number of anilines is 1. The van der Waals surface area contributed by atoms with E-state index in [9.17, 15) is 4.79 Å². The van der Waals surface area contributed by atoms with Crippen molar-refractivity contribution in [1.82, 2.24) is 9.88 Å². The number of hydrogen-bond acceptors (Lipinski definition) is 3. The SMILES string of the molecule is Cl.Nc1ccc(C(=O)N2CCC(c3ccccc3)CC2)nc1. The minimum absolute atomic E-state index is 0. The highest BCUT2D eigenvalue weighted by Crippen LogP contribution is 2.28. The quantitative estimate of drug-likeness (QED) is 0.926.